The maximum atomic E-state index is 12.1. The summed E-state index contributed by atoms with van der Waals surface area (Å²) in [4.78, 5) is 18.9. The van der Waals surface area contributed by atoms with Gasteiger partial charge in [0.1, 0.15) is 0 Å². The number of hydrogen-bond acceptors (Lipinski definition) is 7. The number of nitrogens with one attached hydrogen (secondary N) is 1. The van der Waals surface area contributed by atoms with Crippen LogP contribution in [0.1, 0.15) is 51.3 Å². The van der Waals surface area contributed by atoms with Gasteiger partial charge in [-0.05, 0) is 64.5 Å². The van der Waals surface area contributed by atoms with Crippen molar-refractivity contribution in [2.24, 2.45) is 11.3 Å². The Balaban J connectivity index is 1.22. The third kappa shape index (κ3) is 5.26. The predicted molar refractivity (Wildman–Crippen MR) is 177 cm³/mol. The summed E-state index contributed by atoms with van der Waals surface area (Å²) in [5.74, 6) is 1.44. The van der Waals surface area contributed by atoms with E-state index < -0.39 is 0 Å². The largest absolute Gasteiger partial charge is 0.395 e. The molecule has 1 spiro atoms. The van der Waals surface area contributed by atoms with E-state index in [4.69, 9.17) is 33.0 Å². The summed E-state index contributed by atoms with van der Waals surface area (Å²) in [6, 6.07) is 2.14. The van der Waals surface area contributed by atoms with Crippen LogP contribution in [0.15, 0.2) is 24.9 Å². The van der Waals surface area contributed by atoms with Crippen LogP contribution in [0.25, 0.3) is 22.0 Å². The number of morpholine rings is 1. The zero-order chi connectivity index (χ0) is 31.7. The van der Waals surface area contributed by atoms with Gasteiger partial charge in [-0.1, -0.05) is 29.8 Å². The van der Waals surface area contributed by atoms with Crippen molar-refractivity contribution in [3.63, 3.8) is 0 Å². The number of fused-ring (bicyclic) bond motifs is 1. The summed E-state index contributed by atoms with van der Waals surface area (Å²) < 4.78 is 7.84. The first-order chi connectivity index (χ1) is 21.5. The molecule has 0 radical (unpaired) electrons. The molecule has 10 nitrogen and oxygen atoms in total. The van der Waals surface area contributed by atoms with E-state index in [1.807, 2.05) is 17.2 Å². The number of ether oxygens (including phenoxy) is 1. The van der Waals surface area contributed by atoms with Crippen molar-refractivity contribution in [2.45, 2.75) is 64.1 Å². The highest BCUT2D eigenvalue weighted by atomic mass is 35.5. The van der Waals surface area contributed by atoms with Crippen molar-refractivity contribution in [2.75, 3.05) is 57.4 Å². The summed E-state index contributed by atoms with van der Waals surface area (Å²) in [6.07, 6.45) is 7.21. The fourth-order valence-electron chi connectivity index (χ4n) is 8.55. The lowest BCUT2D eigenvalue weighted by molar-refractivity contribution is -0.149. The Bertz CT molecular complexity index is 1620. The molecule has 0 bridgehead atoms. The number of hydrogen-bond donors (Lipinski definition) is 2. The molecule has 4 aliphatic rings. The second-order valence-corrected chi connectivity index (χ2v) is 15.1. The number of piperidine rings is 1. The Labute approximate surface area is 274 Å². The first-order valence-corrected chi connectivity index (χ1v) is 16.8. The Kier molecular flexibility index (Phi) is 7.96. The highest BCUT2D eigenvalue weighted by Crippen LogP contribution is 2.56. The highest BCUT2D eigenvalue weighted by molar-refractivity contribution is 6.45. The molecule has 2 aromatic heterocycles. The Morgan fingerprint density at radius 2 is 2.00 bits per heavy atom. The van der Waals surface area contributed by atoms with E-state index in [-0.39, 0.29) is 35.6 Å². The number of H-pyrrole nitrogens is 1. The van der Waals surface area contributed by atoms with Crippen molar-refractivity contribution >= 4 is 45.8 Å². The number of aliphatic hydroxyl groups is 1. The number of nitrogens with zero attached hydrogens (tertiary/aromatic N) is 6. The zero-order valence-electron chi connectivity index (χ0n) is 26.4. The first-order valence-electron chi connectivity index (χ1n) is 16.1. The lowest BCUT2D eigenvalue weighted by Crippen LogP contribution is -2.63. The van der Waals surface area contributed by atoms with Crippen molar-refractivity contribution in [3.05, 3.63) is 40.7 Å². The summed E-state index contributed by atoms with van der Waals surface area (Å²) in [5, 5.41) is 24.7. The number of amides is 1. The molecule has 3 saturated heterocycles. The van der Waals surface area contributed by atoms with Gasteiger partial charge in [-0.3, -0.25) is 19.5 Å². The molecule has 12 heteroatoms. The maximum absolute atomic E-state index is 12.1. The van der Waals surface area contributed by atoms with Crippen LogP contribution >= 0.6 is 23.2 Å². The highest BCUT2D eigenvalue weighted by Gasteiger charge is 2.54. The molecule has 2 atom stereocenters. The van der Waals surface area contributed by atoms with E-state index in [0.29, 0.717) is 29.2 Å². The van der Waals surface area contributed by atoms with Gasteiger partial charge in [0.25, 0.3) is 0 Å². The molecule has 0 unspecified atom stereocenters. The van der Waals surface area contributed by atoms with Gasteiger partial charge in [-0.15, -0.1) is 0 Å². The van der Waals surface area contributed by atoms with Gasteiger partial charge in [0, 0.05) is 65.9 Å². The van der Waals surface area contributed by atoms with Crippen molar-refractivity contribution in [1.82, 2.24) is 29.8 Å². The van der Waals surface area contributed by atoms with Crippen LogP contribution in [0, 0.1) is 18.3 Å². The fraction of sp³-hybridized carbons (Fsp3) is 0.606. The van der Waals surface area contributed by atoms with Crippen LogP contribution in [-0.4, -0.2) is 105 Å². The van der Waals surface area contributed by atoms with E-state index in [1.54, 1.807) is 0 Å². The normalized spacial score (nSPS) is 25.0. The Hall–Kier alpha value is -2.63. The number of benzene rings is 1. The van der Waals surface area contributed by atoms with Crippen LogP contribution in [0.3, 0.4) is 0 Å². The minimum atomic E-state index is -0.175. The standard InChI is InChI=1S/C33H43Cl2N7O3/c1-5-27(44)40-18-33(19-40)12-22(13-33)42-20(2)28(29-24-14-36-37-26(24)10-25(34)30(29)35)31(38-42)41-7-6-21(11-32(41,3)4)15-39-8-9-45-17-23(39)16-43/h5,10,14,21-23,43H,1,6-9,11-13,15-19H2,2-4H3,(H,36,37)/t21-,23+/m1/s1. The smallest absolute Gasteiger partial charge is 0.245 e. The van der Waals surface area contributed by atoms with Crippen LogP contribution in [0.2, 0.25) is 10.0 Å². The number of aromatic nitrogens is 4. The summed E-state index contributed by atoms with van der Waals surface area (Å²) >= 11 is 13.8. The molecular weight excluding hydrogens is 613 g/mol. The Morgan fingerprint density at radius 1 is 1.22 bits per heavy atom. The van der Waals surface area contributed by atoms with E-state index in [2.05, 4.69) is 52.0 Å². The molecule has 3 aliphatic heterocycles. The molecule has 1 aliphatic carbocycles. The van der Waals surface area contributed by atoms with E-state index in [0.717, 1.165) is 91.9 Å². The average molecular weight is 657 g/mol. The van der Waals surface area contributed by atoms with Gasteiger partial charge in [-0.2, -0.15) is 10.2 Å². The minimum Gasteiger partial charge on any atom is -0.395 e. The molecular formula is C33H43Cl2N7O3. The molecule has 3 aromatic rings. The monoisotopic (exact) mass is 655 g/mol. The number of likely N-dealkylation sites (tertiary alicyclic amines) is 1. The molecule has 242 valence electrons. The second kappa shape index (κ2) is 11.6. The third-order valence-electron chi connectivity index (χ3n) is 10.8. The topological polar surface area (TPSA) is 103 Å². The van der Waals surface area contributed by atoms with Gasteiger partial charge in [0.2, 0.25) is 5.91 Å². The van der Waals surface area contributed by atoms with Gasteiger partial charge in [0.15, 0.2) is 5.82 Å². The van der Waals surface area contributed by atoms with E-state index >= 15 is 0 Å². The van der Waals surface area contributed by atoms with Crippen molar-refractivity contribution in [3.8, 4) is 11.1 Å². The Morgan fingerprint density at radius 3 is 2.71 bits per heavy atom. The molecule has 1 saturated carbocycles. The second-order valence-electron chi connectivity index (χ2n) is 14.3. The number of aromatic amines is 1. The fourth-order valence-corrected chi connectivity index (χ4v) is 9.00. The molecule has 2 N–H and O–H groups in total. The van der Waals surface area contributed by atoms with E-state index in [1.165, 1.54) is 6.08 Å². The number of carbonyl (C=O) groups is 1. The summed E-state index contributed by atoms with van der Waals surface area (Å²) in [5.41, 5.74) is 3.76. The molecule has 1 aromatic carbocycles. The van der Waals surface area contributed by atoms with E-state index in [9.17, 15) is 9.90 Å². The molecule has 1 amide bonds. The molecule has 7 rings (SSSR count). The number of halogens is 2. The van der Waals surface area contributed by atoms with Crippen LogP contribution in [0.5, 0.6) is 0 Å². The quantitative estimate of drug-likeness (QED) is 0.342. The molecule has 45 heavy (non-hydrogen) atoms. The molecule has 5 heterocycles. The lowest BCUT2D eigenvalue weighted by Gasteiger charge is -2.58. The van der Waals surface area contributed by atoms with Gasteiger partial charge < -0.3 is 19.6 Å². The summed E-state index contributed by atoms with van der Waals surface area (Å²) in [7, 11) is 0. The SMILES string of the molecule is C=CC(=O)N1CC2(CC(n3nc(N4CC[C@@H](CN5CCOC[C@@H]5CO)CC4(C)C)c(-c4c(Cl)c(Cl)cc5[nH]ncc45)c3C)C2)C1. The molecule has 4 fully saturated rings. The minimum absolute atomic E-state index is 0.00906. The zero-order valence-corrected chi connectivity index (χ0v) is 27.9. The number of carbonyl (C=O) groups excluding carboxylic acids is 1. The first kappa shape index (κ1) is 31.0. The van der Waals surface area contributed by atoms with Crippen LogP contribution in [-0.2, 0) is 9.53 Å². The van der Waals surface area contributed by atoms with Gasteiger partial charge in [-0.25, -0.2) is 0 Å². The maximum Gasteiger partial charge on any atom is 0.245 e. The number of aliphatic hydroxyl groups excluding tert-OH is 1. The van der Waals surface area contributed by atoms with Crippen LogP contribution < -0.4 is 4.90 Å². The third-order valence-corrected chi connectivity index (χ3v) is 11.6. The number of anilines is 1. The van der Waals surface area contributed by atoms with Crippen molar-refractivity contribution < 1.29 is 14.6 Å². The lowest BCUT2D eigenvalue weighted by atomic mass is 9.60. The van der Waals surface area contributed by atoms with Crippen LogP contribution in [0.4, 0.5) is 5.82 Å². The van der Waals surface area contributed by atoms with Crippen molar-refractivity contribution in [1.29, 1.82) is 0 Å². The predicted octanol–water partition coefficient (Wildman–Crippen LogP) is 5.08. The van der Waals surface area contributed by atoms with Gasteiger partial charge in [0.05, 0.1) is 53.7 Å². The average Bonchev–Trinajstić information content (AvgIpc) is 3.56. The van der Waals surface area contributed by atoms with Gasteiger partial charge >= 0.3 is 0 Å². The summed E-state index contributed by atoms with van der Waals surface area (Å²) in [6.45, 7) is 16.1. The number of rotatable bonds is 7.